The highest BCUT2D eigenvalue weighted by Gasteiger charge is 2.19. The van der Waals surface area contributed by atoms with E-state index in [0.29, 0.717) is 20.6 Å². The lowest BCUT2D eigenvalue weighted by molar-refractivity contribution is -0.124. The molecule has 0 radical (unpaired) electrons. The van der Waals surface area contributed by atoms with Crippen LogP contribution >= 0.6 is 46.1 Å². The number of rotatable bonds is 5. The Hall–Kier alpha value is -1.79. The van der Waals surface area contributed by atoms with Crippen molar-refractivity contribution in [2.24, 2.45) is 0 Å². The number of fused-ring (bicyclic) bond motifs is 1. The van der Waals surface area contributed by atoms with E-state index in [9.17, 15) is 9.59 Å². The summed E-state index contributed by atoms with van der Waals surface area (Å²) in [5.74, 6) is -1.07. The van der Waals surface area contributed by atoms with Crippen molar-refractivity contribution >= 4 is 68.1 Å². The lowest BCUT2D eigenvalue weighted by Gasteiger charge is -2.08. The van der Waals surface area contributed by atoms with E-state index in [0.717, 1.165) is 10.1 Å². The molecule has 0 aliphatic heterocycles. The average molecular weight is 429 g/mol. The summed E-state index contributed by atoms with van der Waals surface area (Å²) < 4.78 is 5.94. The number of amides is 1. The molecule has 3 rings (SSSR count). The molecule has 0 aliphatic rings. The molecule has 3 aromatic rings. The van der Waals surface area contributed by atoms with Gasteiger partial charge in [0, 0.05) is 26.7 Å². The molecule has 0 unspecified atom stereocenters. The van der Waals surface area contributed by atoms with Crippen LogP contribution in [0.1, 0.15) is 15.2 Å². The molecule has 1 aromatic heterocycles. The minimum absolute atomic E-state index is 0.204. The van der Waals surface area contributed by atoms with Gasteiger partial charge in [0.1, 0.15) is 4.88 Å². The minimum Gasteiger partial charge on any atom is -0.451 e. The first-order valence-electron chi connectivity index (χ1n) is 7.50. The Labute approximate surface area is 168 Å². The van der Waals surface area contributed by atoms with Gasteiger partial charge >= 0.3 is 5.97 Å². The molecule has 0 bridgehead atoms. The number of nitrogens with one attached hydrogen (secondary N) is 1. The van der Waals surface area contributed by atoms with Gasteiger partial charge in [0.15, 0.2) is 6.61 Å². The van der Waals surface area contributed by atoms with Crippen molar-refractivity contribution in [2.45, 2.75) is 6.54 Å². The summed E-state index contributed by atoms with van der Waals surface area (Å²) in [5, 5.41) is 4.72. The normalized spacial score (nSPS) is 10.7. The Bertz CT molecular complexity index is 987. The number of hydrogen-bond acceptors (Lipinski definition) is 4. The highest BCUT2D eigenvalue weighted by Crippen LogP contribution is 2.35. The highest BCUT2D eigenvalue weighted by molar-refractivity contribution is 7.21. The number of carbonyl (C=O) groups is 2. The second-order valence-electron chi connectivity index (χ2n) is 5.33. The number of thiophene rings is 1. The van der Waals surface area contributed by atoms with Crippen LogP contribution in [-0.2, 0) is 16.1 Å². The van der Waals surface area contributed by atoms with Crippen molar-refractivity contribution < 1.29 is 14.3 Å². The van der Waals surface area contributed by atoms with E-state index < -0.39 is 18.5 Å². The van der Waals surface area contributed by atoms with Gasteiger partial charge in [0.05, 0.1) is 5.02 Å². The molecule has 4 nitrogen and oxygen atoms in total. The predicted octanol–water partition coefficient (Wildman–Crippen LogP) is 5.33. The smallest absolute Gasteiger partial charge is 0.350 e. The van der Waals surface area contributed by atoms with Crippen LogP contribution in [0.2, 0.25) is 15.1 Å². The molecule has 1 heterocycles. The molecule has 1 N–H and O–H groups in total. The van der Waals surface area contributed by atoms with Gasteiger partial charge in [-0.3, -0.25) is 4.79 Å². The first-order chi connectivity index (χ1) is 12.5. The van der Waals surface area contributed by atoms with Crippen molar-refractivity contribution in [1.29, 1.82) is 0 Å². The number of esters is 1. The monoisotopic (exact) mass is 427 g/mol. The van der Waals surface area contributed by atoms with Crippen molar-refractivity contribution in [2.75, 3.05) is 6.61 Å². The maximum atomic E-state index is 12.2. The number of ether oxygens (including phenoxy) is 1. The lowest BCUT2D eigenvalue weighted by atomic mass is 10.2. The zero-order chi connectivity index (χ0) is 18.7. The summed E-state index contributed by atoms with van der Waals surface area (Å²) in [6.07, 6.45) is 0. The van der Waals surface area contributed by atoms with Gasteiger partial charge in [0.2, 0.25) is 0 Å². The Morgan fingerprint density at radius 2 is 1.85 bits per heavy atom. The number of benzene rings is 2. The van der Waals surface area contributed by atoms with Crippen LogP contribution < -0.4 is 5.32 Å². The zero-order valence-electron chi connectivity index (χ0n) is 13.2. The third-order valence-corrected chi connectivity index (χ3v) is 5.79. The topological polar surface area (TPSA) is 55.4 Å². The molecule has 0 saturated heterocycles. The van der Waals surface area contributed by atoms with Crippen molar-refractivity contribution in [3.63, 3.8) is 0 Å². The fraction of sp³-hybridized carbons (Fsp3) is 0.111. The molecule has 0 saturated carbocycles. The standard InChI is InChI=1S/C18H12Cl3NO3S/c19-11-6-5-10(13(20)7-11)8-22-15(23)9-25-18(24)17-16(21)12-3-1-2-4-14(12)26-17/h1-7H,8-9H2,(H,22,23). The van der Waals surface area contributed by atoms with Gasteiger partial charge in [-0.25, -0.2) is 4.79 Å². The van der Waals surface area contributed by atoms with E-state index in [4.69, 9.17) is 39.5 Å². The molecule has 8 heteroatoms. The highest BCUT2D eigenvalue weighted by atomic mass is 35.5. The first kappa shape index (κ1) is 19.0. The van der Waals surface area contributed by atoms with Gasteiger partial charge in [0.25, 0.3) is 5.91 Å². The molecule has 0 fully saturated rings. The fourth-order valence-corrected chi connectivity index (χ4v) is 4.13. The van der Waals surface area contributed by atoms with Crippen molar-refractivity contribution in [1.82, 2.24) is 5.32 Å². The van der Waals surface area contributed by atoms with Crippen LogP contribution in [0.15, 0.2) is 42.5 Å². The molecule has 0 atom stereocenters. The number of halogens is 3. The summed E-state index contributed by atoms with van der Waals surface area (Å²) in [6, 6.07) is 12.4. The first-order valence-corrected chi connectivity index (χ1v) is 9.45. The SMILES string of the molecule is O=C(COC(=O)c1sc2ccccc2c1Cl)NCc1ccc(Cl)cc1Cl. The summed E-state index contributed by atoms with van der Waals surface area (Å²) in [7, 11) is 0. The van der Waals surface area contributed by atoms with Gasteiger partial charge < -0.3 is 10.1 Å². The van der Waals surface area contributed by atoms with E-state index in [1.54, 1.807) is 18.2 Å². The van der Waals surface area contributed by atoms with E-state index >= 15 is 0 Å². The molecular weight excluding hydrogens is 417 g/mol. The van der Waals surface area contributed by atoms with Crippen LogP contribution in [0, 0.1) is 0 Å². The van der Waals surface area contributed by atoms with Gasteiger partial charge in [-0.1, -0.05) is 59.1 Å². The third kappa shape index (κ3) is 4.30. The molecule has 0 aliphatic carbocycles. The van der Waals surface area contributed by atoms with Crippen LogP contribution in [0.5, 0.6) is 0 Å². The van der Waals surface area contributed by atoms with Crippen LogP contribution in [0.4, 0.5) is 0 Å². The van der Waals surface area contributed by atoms with E-state index in [1.807, 2.05) is 24.3 Å². The fourth-order valence-electron chi connectivity index (χ4n) is 2.25. The Kier molecular flexibility index (Phi) is 6.04. The second-order valence-corrected chi connectivity index (χ2v) is 7.60. The van der Waals surface area contributed by atoms with Gasteiger partial charge in [-0.15, -0.1) is 11.3 Å². The zero-order valence-corrected chi connectivity index (χ0v) is 16.3. The second kappa shape index (κ2) is 8.27. The Morgan fingerprint density at radius 3 is 2.58 bits per heavy atom. The summed E-state index contributed by atoms with van der Waals surface area (Å²) in [6.45, 7) is -0.204. The molecular formula is C18H12Cl3NO3S. The predicted molar refractivity (Wildman–Crippen MR) is 105 cm³/mol. The molecule has 26 heavy (non-hydrogen) atoms. The van der Waals surface area contributed by atoms with E-state index in [-0.39, 0.29) is 11.4 Å². The number of carbonyl (C=O) groups excluding carboxylic acids is 2. The average Bonchev–Trinajstić information content (AvgIpc) is 2.96. The lowest BCUT2D eigenvalue weighted by Crippen LogP contribution is -2.28. The molecule has 2 aromatic carbocycles. The van der Waals surface area contributed by atoms with Gasteiger partial charge in [-0.05, 0) is 23.8 Å². The Morgan fingerprint density at radius 1 is 1.08 bits per heavy atom. The van der Waals surface area contributed by atoms with Crippen molar-refractivity contribution in [3.8, 4) is 0 Å². The molecule has 1 amide bonds. The maximum Gasteiger partial charge on any atom is 0.350 e. The third-order valence-electron chi connectivity index (χ3n) is 3.55. The Balaban J connectivity index is 1.56. The van der Waals surface area contributed by atoms with E-state index in [1.165, 1.54) is 11.3 Å². The molecule has 134 valence electrons. The van der Waals surface area contributed by atoms with Crippen LogP contribution in [-0.4, -0.2) is 18.5 Å². The van der Waals surface area contributed by atoms with E-state index in [2.05, 4.69) is 5.32 Å². The van der Waals surface area contributed by atoms with Gasteiger partial charge in [-0.2, -0.15) is 0 Å². The quantitative estimate of drug-likeness (QED) is 0.558. The summed E-state index contributed by atoms with van der Waals surface area (Å²) in [4.78, 5) is 24.4. The summed E-state index contributed by atoms with van der Waals surface area (Å²) in [5.41, 5.74) is 0.711. The summed E-state index contributed by atoms with van der Waals surface area (Å²) >= 11 is 19.3. The minimum atomic E-state index is -0.629. The molecule has 0 spiro atoms. The largest absolute Gasteiger partial charge is 0.451 e. The maximum absolute atomic E-state index is 12.2. The van der Waals surface area contributed by atoms with Crippen LogP contribution in [0.3, 0.4) is 0 Å². The number of hydrogen-bond donors (Lipinski definition) is 1. The van der Waals surface area contributed by atoms with Crippen LogP contribution in [0.25, 0.3) is 10.1 Å². The van der Waals surface area contributed by atoms with Crippen molar-refractivity contribution in [3.05, 3.63) is 68.0 Å².